The summed E-state index contributed by atoms with van der Waals surface area (Å²) >= 11 is 0. The van der Waals surface area contributed by atoms with Crippen molar-refractivity contribution in [1.29, 1.82) is 0 Å². The smallest absolute Gasteiger partial charge is 0.399 e. The number of rotatable bonds is 12. The molecule has 3 heterocycles. The standard InChI is InChI=1S/C32H43FN4O3/c1-3-4-5-6-17-34-32(39)40-23-37(20-8-11-30(38)24-12-14-25(33)15-13-24)21-16-28-27(22-37)26-9-7-10-29-31(26)36(28)19-18-35(29)2/h7,9-10,12-15,27-28H,3-6,8,11,16-23H2,1-2H3/p+1. The van der Waals surface area contributed by atoms with Crippen molar-refractivity contribution in [2.45, 2.75) is 63.8 Å². The Kier molecular flexibility index (Phi) is 8.94. The number of quaternary nitrogens is 1. The molecule has 40 heavy (non-hydrogen) atoms. The highest BCUT2D eigenvalue weighted by atomic mass is 19.1. The zero-order chi connectivity index (χ0) is 28.1. The van der Waals surface area contributed by atoms with Gasteiger partial charge in [0.15, 0.2) is 5.78 Å². The van der Waals surface area contributed by atoms with Gasteiger partial charge in [0.1, 0.15) is 5.82 Å². The highest BCUT2D eigenvalue weighted by molar-refractivity contribution is 5.95. The number of likely N-dealkylation sites (N-methyl/N-ethyl adjacent to an activating group) is 1. The number of benzene rings is 2. The van der Waals surface area contributed by atoms with Gasteiger partial charge < -0.3 is 19.9 Å². The number of fused-ring (bicyclic) bond motifs is 3. The normalized spacial score (nSPS) is 23.0. The van der Waals surface area contributed by atoms with Crippen molar-refractivity contribution in [2.24, 2.45) is 0 Å². The summed E-state index contributed by atoms with van der Waals surface area (Å²) in [7, 11) is 2.17. The van der Waals surface area contributed by atoms with E-state index in [4.69, 9.17) is 4.74 Å². The summed E-state index contributed by atoms with van der Waals surface area (Å²) in [6.07, 6.45) is 6.15. The molecule has 0 aliphatic carbocycles. The first-order chi connectivity index (χ1) is 19.4. The van der Waals surface area contributed by atoms with Crippen molar-refractivity contribution in [3.63, 3.8) is 0 Å². The molecule has 1 amide bonds. The zero-order valence-electron chi connectivity index (χ0n) is 24.0. The van der Waals surface area contributed by atoms with Crippen molar-refractivity contribution in [3.05, 3.63) is 59.4 Å². The van der Waals surface area contributed by atoms with Gasteiger partial charge in [-0.1, -0.05) is 38.3 Å². The van der Waals surface area contributed by atoms with Crippen molar-refractivity contribution < 1.29 is 23.2 Å². The van der Waals surface area contributed by atoms with E-state index in [0.717, 1.165) is 58.4 Å². The Morgan fingerprint density at radius 1 is 1.07 bits per heavy atom. The molecule has 1 N–H and O–H groups in total. The Bertz CT molecular complexity index is 1190. The van der Waals surface area contributed by atoms with Crippen LogP contribution in [0.2, 0.25) is 0 Å². The SMILES string of the molecule is CCCCCCNC(=O)OC[N+]1(CCCC(=O)c2ccc(F)cc2)CCC2C(C1)c1cccc3c1N2CCN3C. The van der Waals surface area contributed by atoms with Crippen LogP contribution in [0, 0.1) is 5.82 Å². The quantitative estimate of drug-likeness (QED) is 0.209. The molecular weight excluding hydrogens is 507 g/mol. The van der Waals surface area contributed by atoms with Crippen LogP contribution in [-0.4, -0.2) is 75.4 Å². The van der Waals surface area contributed by atoms with Crippen LogP contribution in [0.5, 0.6) is 0 Å². The number of nitrogens with zero attached hydrogens (tertiary/aromatic N) is 3. The molecule has 0 saturated carbocycles. The third-order valence-electron chi connectivity index (χ3n) is 9.14. The molecule has 3 unspecified atom stereocenters. The molecule has 1 saturated heterocycles. The van der Waals surface area contributed by atoms with E-state index in [1.807, 2.05) is 0 Å². The van der Waals surface area contributed by atoms with Gasteiger partial charge in [0, 0.05) is 57.5 Å². The number of ether oxygens (including phenoxy) is 1. The van der Waals surface area contributed by atoms with Crippen molar-refractivity contribution >= 4 is 23.3 Å². The Balaban J connectivity index is 1.28. The Morgan fingerprint density at radius 3 is 2.70 bits per heavy atom. The molecule has 0 radical (unpaired) electrons. The van der Waals surface area contributed by atoms with Crippen LogP contribution < -0.4 is 15.1 Å². The number of unbranched alkanes of at least 4 members (excludes halogenated alkanes) is 3. The number of nitrogens with one attached hydrogen (secondary N) is 1. The van der Waals surface area contributed by atoms with Crippen LogP contribution in [0.3, 0.4) is 0 Å². The van der Waals surface area contributed by atoms with E-state index in [-0.39, 0.29) is 17.7 Å². The van der Waals surface area contributed by atoms with E-state index >= 15 is 0 Å². The number of likely N-dealkylation sites (tertiary alicyclic amines) is 1. The van der Waals surface area contributed by atoms with Gasteiger partial charge in [0.25, 0.3) is 0 Å². The fourth-order valence-electron chi connectivity index (χ4n) is 6.94. The third kappa shape index (κ3) is 6.12. The Hall–Kier alpha value is -3.13. The summed E-state index contributed by atoms with van der Waals surface area (Å²) in [6, 6.07) is 12.9. The molecule has 2 aromatic carbocycles. The molecule has 0 spiro atoms. The summed E-state index contributed by atoms with van der Waals surface area (Å²) in [5.74, 6) is 0.0485. The molecule has 216 valence electrons. The topological polar surface area (TPSA) is 61.9 Å². The van der Waals surface area contributed by atoms with Crippen LogP contribution in [0.15, 0.2) is 42.5 Å². The second-order valence-corrected chi connectivity index (χ2v) is 11.8. The first kappa shape index (κ1) is 28.4. The lowest BCUT2D eigenvalue weighted by molar-refractivity contribution is -0.949. The molecule has 0 bridgehead atoms. The number of piperidine rings is 1. The largest absolute Gasteiger partial charge is 0.411 e. The molecule has 5 rings (SSSR count). The van der Waals surface area contributed by atoms with Crippen LogP contribution in [0.25, 0.3) is 0 Å². The number of carbonyl (C=O) groups is 2. The number of hydrogen-bond donors (Lipinski definition) is 1. The maximum Gasteiger partial charge on any atom is 0.411 e. The number of Topliss-reactive ketones (excluding diaryl/α,β-unsaturated/α-hetero) is 1. The average Bonchev–Trinajstić information content (AvgIpc) is 3.28. The van der Waals surface area contributed by atoms with Gasteiger partial charge in [-0.25, -0.2) is 9.18 Å². The Labute approximate surface area is 237 Å². The third-order valence-corrected chi connectivity index (χ3v) is 9.14. The molecule has 3 aliphatic heterocycles. The van der Waals surface area contributed by atoms with Gasteiger partial charge in [0.05, 0.1) is 36.9 Å². The maximum atomic E-state index is 13.3. The van der Waals surface area contributed by atoms with Crippen LogP contribution >= 0.6 is 0 Å². The summed E-state index contributed by atoms with van der Waals surface area (Å²) < 4.78 is 19.9. The van der Waals surface area contributed by atoms with Gasteiger partial charge in [-0.3, -0.25) is 9.28 Å². The van der Waals surface area contributed by atoms with Gasteiger partial charge >= 0.3 is 6.09 Å². The number of alkyl carbamates (subject to hydrolysis) is 1. The monoisotopic (exact) mass is 551 g/mol. The first-order valence-electron chi connectivity index (χ1n) is 15.1. The molecule has 7 nitrogen and oxygen atoms in total. The number of ketones is 1. The molecule has 3 aliphatic rings. The number of anilines is 2. The van der Waals surface area contributed by atoms with E-state index < -0.39 is 0 Å². The summed E-state index contributed by atoms with van der Waals surface area (Å²) in [4.78, 5) is 30.4. The van der Waals surface area contributed by atoms with E-state index in [0.29, 0.717) is 48.1 Å². The fraction of sp³-hybridized carbons (Fsp3) is 0.562. The summed E-state index contributed by atoms with van der Waals surface area (Å²) in [6.45, 7) is 7.72. The first-order valence-corrected chi connectivity index (χ1v) is 15.1. The van der Waals surface area contributed by atoms with Crippen LogP contribution in [0.4, 0.5) is 20.6 Å². The lowest BCUT2D eigenvalue weighted by atomic mass is 9.87. The van der Waals surface area contributed by atoms with Gasteiger partial charge in [-0.2, -0.15) is 0 Å². The maximum absolute atomic E-state index is 13.3. The lowest BCUT2D eigenvalue weighted by Crippen LogP contribution is -2.60. The van der Waals surface area contributed by atoms with E-state index in [1.54, 1.807) is 12.1 Å². The van der Waals surface area contributed by atoms with Gasteiger partial charge in [-0.15, -0.1) is 0 Å². The van der Waals surface area contributed by atoms with Crippen LogP contribution in [0.1, 0.15) is 73.7 Å². The number of carbonyl (C=O) groups excluding carboxylic acids is 2. The minimum atomic E-state index is -0.353. The number of halogens is 1. The molecule has 8 heteroatoms. The molecule has 2 aromatic rings. The molecule has 1 fully saturated rings. The molecule has 0 aromatic heterocycles. The Morgan fingerprint density at radius 2 is 1.90 bits per heavy atom. The van der Waals surface area contributed by atoms with Crippen LogP contribution in [-0.2, 0) is 4.74 Å². The highest BCUT2D eigenvalue weighted by Crippen LogP contribution is 2.51. The second-order valence-electron chi connectivity index (χ2n) is 11.8. The predicted octanol–water partition coefficient (Wildman–Crippen LogP) is 5.70. The van der Waals surface area contributed by atoms with E-state index in [2.05, 4.69) is 47.3 Å². The minimum Gasteiger partial charge on any atom is -0.399 e. The minimum absolute atomic E-state index is 0.0229. The predicted molar refractivity (Wildman–Crippen MR) is 157 cm³/mol. The van der Waals surface area contributed by atoms with Gasteiger partial charge in [0.2, 0.25) is 6.73 Å². The highest BCUT2D eigenvalue weighted by Gasteiger charge is 2.50. The van der Waals surface area contributed by atoms with Crippen molar-refractivity contribution in [2.75, 3.05) is 62.8 Å². The molecule has 3 atom stereocenters. The van der Waals surface area contributed by atoms with E-state index in [1.165, 1.54) is 35.5 Å². The number of hydrogen-bond acceptors (Lipinski definition) is 5. The fourth-order valence-corrected chi connectivity index (χ4v) is 6.94. The lowest BCUT2D eigenvalue weighted by Gasteiger charge is -2.47. The summed E-state index contributed by atoms with van der Waals surface area (Å²) in [5.41, 5.74) is 4.63. The average molecular weight is 552 g/mol. The summed E-state index contributed by atoms with van der Waals surface area (Å²) in [5, 5.41) is 2.93. The van der Waals surface area contributed by atoms with Gasteiger partial charge in [-0.05, 0) is 42.3 Å². The molecular formula is C32H44FN4O3+. The number of para-hydroxylation sites is 1. The zero-order valence-corrected chi connectivity index (χ0v) is 24.0. The number of amides is 1. The van der Waals surface area contributed by atoms with Crippen molar-refractivity contribution in [1.82, 2.24) is 5.32 Å². The van der Waals surface area contributed by atoms with Crippen molar-refractivity contribution in [3.8, 4) is 0 Å². The van der Waals surface area contributed by atoms with E-state index in [9.17, 15) is 14.0 Å². The second kappa shape index (κ2) is 12.6.